The molecule has 3 aromatic carbocycles. The van der Waals surface area contributed by atoms with Crippen LogP contribution >= 0.6 is 11.6 Å². The van der Waals surface area contributed by atoms with E-state index in [1.165, 1.54) is 5.56 Å². The molecule has 4 aromatic rings. The lowest BCUT2D eigenvalue weighted by atomic mass is 9.98. The summed E-state index contributed by atoms with van der Waals surface area (Å²) in [5.74, 6) is 1.74. The predicted molar refractivity (Wildman–Crippen MR) is 142 cm³/mol. The third-order valence-corrected chi connectivity index (χ3v) is 7.49. The first kappa shape index (κ1) is 23.9. The average Bonchev–Trinajstić information content (AvgIpc) is 3.36. The molecule has 37 heavy (non-hydrogen) atoms. The Balaban J connectivity index is 1.20. The Kier molecular flexibility index (Phi) is 6.28. The number of hydrogen-bond acceptors (Lipinski definition) is 7. The molecule has 2 aliphatic rings. The minimum Gasteiger partial charge on any atom is -0.507 e. The van der Waals surface area contributed by atoms with E-state index in [1.54, 1.807) is 18.2 Å². The maximum Gasteiger partial charge on any atom is 0.344 e. The Morgan fingerprint density at radius 3 is 2.35 bits per heavy atom. The highest BCUT2D eigenvalue weighted by Gasteiger charge is 2.23. The number of hydrogen-bond donors (Lipinski definition) is 1. The van der Waals surface area contributed by atoms with Crippen molar-refractivity contribution in [2.45, 2.75) is 20.0 Å². The summed E-state index contributed by atoms with van der Waals surface area (Å²) in [6.45, 7) is 7.00. The molecule has 7 nitrogen and oxygen atoms in total. The fourth-order valence-corrected chi connectivity index (χ4v) is 5.32. The number of aryl methyl sites for hydroxylation is 1. The standard InChI is InChI=1S/C29H27ClN2O5/c1-18-22-7-8-24(33)23(28(22)37-29(34)27(18)20-3-5-21(30)6-4-20)16-32-12-10-31(11-13-32)15-19-2-9-25-26(14-19)36-17-35-25/h2-9,14,33H,10-13,15-17H2,1H3. The van der Waals surface area contributed by atoms with Crippen molar-refractivity contribution in [2.75, 3.05) is 33.0 Å². The van der Waals surface area contributed by atoms with E-state index in [1.807, 2.05) is 37.3 Å². The van der Waals surface area contributed by atoms with Crippen molar-refractivity contribution >= 4 is 22.6 Å². The van der Waals surface area contributed by atoms with Crippen molar-refractivity contribution in [1.82, 2.24) is 9.80 Å². The van der Waals surface area contributed by atoms with Crippen LogP contribution in [0.2, 0.25) is 5.02 Å². The molecule has 0 spiro atoms. The van der Waals surface area contributed by atoms with Crippen LogP contribution in [-0.4, -0.2) is 47.9 Å². The molecule has 8 heteroatoms. The molecular formula is C29H27ClN2O5. The van der Waals surface area contributed by atoms with E-state index in [9.17, 15) is 9.90 Å². The minimum absolute atomic E-state index is 0.136. The summed E-state index contributed by atoms with van der Waals surface area (Å²) in [6, 6.07) is 16.7. The summed E-state index contributed by atoms with van der Waals surface area (Å²) in [5.41, 5.74) is 3.95. The summed E-state index contributed by atoms with van der Waals surface area (Å²) in [4.78, 5) is 17.8. The molecule has 3 heterocycles. The van der Waals surface area contributed by atoms with Gasteiger partial charge in [0.25, 0.3) is 0 Å². The van der Waals surface area contributed by atoms with Gasteiger partial charge in [-0.1, -0.05) is 29.8 Å². The average molecular weight is 519 g/mol. The third-order valence-electron chi connectivity index (χ3n) is 7.24. The molecule has 1 N–H and O–H groups in total. The van der Waals surface area contributed by atoms with Crippen molar-refractivity contribution in [1.29, 1.82) is 0 Å². The minimum atomic E-state index is -0.423. The van der Waals surface area contributed by atoms with Gasteiger partial charge < -0.3 is 19.0 Å². The largest absolute Gasteiger partial charge is 0.507 e. The maximum atomic E-state index is 13.1. The highest BCUT2D eigenvalue weighted by atomic mass is 35.5. The molecule has 0 saturated carbocycles. The van der Waals surface area contributed by atoms with Gasteiger partial charge in [-0.25, -0.2) is 4.79 Å². The Bertz CT molecular complexity index is 1520. The van der Waals surface area contributed by atoms with E-state index in [2.05, 4.69) is 15.9 Å². The Morgan fingerprint density at radius 2 is 1.59 bits per heavy atom. The summed E-state index contributed by atoms with van der Waals surface area (Å²) in [5, 5.41) is 12.2. The highest BCUT2D eigenvalue weighted by molar-refractivity contribution is 6.30. The zero-order valence-corrected chi connectivity index (χ0v) is 21.3. The second-order valence-electron chi connectivity index (χ2n) is 9.58. The van der Waals surface area contributed by atoms with Gasteiger partial charge >= 0.3 is 5.63 Å². The maximum absolute atomic E-state index is 13.1. The SMILES string of the molecule is Cc1c(-c2ccc(Cl)cc2)c(=O)oc2c(CN3CCN(Cc4ccc5c(c4)OCO5)CC3)c(O)ccc12. The molecule has 190 valence electrons. The van der Waals surface area contributed by atoms with Crippen LogP contribution < -0.4 is 15.1 Å². The van der Waals surface area contributed by atoms with Crippen molar-refractivity contribution in [3.63, 3.8) is 0 Å². The Hall–Kier alpha value is -3.52. The number of aromatic hydroxyl groups is 1. The number of nitrogens with zero attached hydrogens (tertiary/aromatic N) is 2. The van der Waals surface area contributed by atoms with Crippen LogP contribution in [-0.2, 0) is 13.1 Å². The number of phenolic OH excluding ortho intramolecular Hbond substituents is 1. The molecule has 0 bridgehead atoms. The number of halogens is 1. The fourth-order valence-electron chi connectivity index (χ4n) is 5.19. The quantitative estimate of drug-likeness (QED) is 0.365. The molecule has 0 unspecified atom stereocenters. The zero-order chi connectivity index (χ0) is 25.5. The van der Waals surface area contributed by atoms with Gasteiger partial charge in [-0.15, -0.1) is 0 Å². The van der Waals surface area contributed by atoms with E-state index in [-0.39, 0.29) is 12.5 Å². The van der Waals surface area contributed by atoms with Gasteiger partial charge in [0.2, 0.25) is 6.79 Å². The van der Waals surface area contributed by atoms with Crippen molar-refractivity contribution < 1.29 is 19.0 Å². The number of phenols is 1. The lowest BCUT2D eigenvalue weighted by Gasteiger charge is -2.35. The van der Waals surface area contributed by atoms with Gasteiger partial charge in [-0.2, -0.15) is 0 Å². The van der Waals surface area contributed by atoms with E-state index >= 15 is 0 Å². The first-order valence-electron chi connectivity index (χ1n) is 12.3. The van der Waals surface area contributed by atoms with Crippen molar-refractivity contribution in [3.8, 4) is 28.4 Å². The molecule has 2 aliphatic heterocycles. The number of rotatable bonds is 5. The van der Waals surface area contributed by atoms with Crippen LogP contribution in [0, 0.1) is 6.92 Å². The number of piperazine rings is 1. The lowest BCUT2D eigenvalue weighted by Crippen LogP contribution is -2.45. The van der Waals surface area contributed by atoms with Crippen LogP contribution in [0.3, 0.4) is 0 Å². The molecule has 0 amide bonds. The van der Waals surface area contributed by atoms with E-state index in [0.29, 0.717) is 28.3 Å². The van der Waals surface area contributed by atoms with E-state index < -0.39 is 5.63 Å². The molecule has 6 rings (SSSR count). The number of benzene rings is 3. The summed E-state index contributed by atoms with van der Waals surface area (Å²) in [6.07, 6.45) is 0. The smallest absolute Gasteiger partial charge is 0.344 e. The molecule has 0 aliphatic carbocycles. The second-order valence-corrected chi connectivity index (χ2v) is 10.0. The predicted octanol–water partition coefficient (Wildman–Crippen LogP) is 5.17. The molecule has 0 radical (unpaired) electrons. The monoisotopic (exact) mass is 518 g/mol. The van der Waals surface area contributed by atoms with Crippen molar-refractivity contribution in [2.24, 2.45) is 0 Å². The fraction of sp³-hybridized carbons (Fsp3) is 0.276. The first-order chi connectivity index (χ1) is 18.0. The summed E-state index contributed by atoms with van der Waals surface area (Å²) < 4.78 is 16.8. The molecule has 0 atom stereocenters. The summed E-state index contributed by atoms with van der Waals surface area (Å²) in [7, 11) is 0. The van der Waals surface area contributed by atoms with Crippen molar-refractivity contribution in [3.05, 3.63) is 86.7 Å². The van der Waals surface area contributed by atoms with Crippen LogP contribution in [0.5, 0.6) is 17.2 Å². The van der Waals surface area contributed by atoms with Crippen LogP contribution in [0.1, 0.15) is 16.7 Å². The third kappa shape index (κ3) is 4.66. The Morgan fingerprint density at radius 1 is 0.892 bits per heavy atom. The zero-order valence-electron chi connectivity index (χ0n) is 20.5. The Labute approximate surface area is 219 Å². The molecule has 1 fully saturated rings. The normalized spacial score (nSPS) is 15.9. The van der Waals surface area contributed by atoms with Gasteiger partial charge in [0.15, 0.2) is 11.5 Å². The number of ether oxygens (including phenoxy) is 2. The molecule has 1 saturated heterocycles. The van der Waals surface area contributed by atoms with Crippen LogP contribution in [0.25, 0.3) is 22.1 Å². The lowest BCUT2D eigenvalue weighted by molar-refractivity contribution is 0.121. The van der Waals surface area contributed by atoms with Crippen LogP contribution in [0.15, 0.2) is 63.8 Å². The van der Waals surface area contributed by atoms with Gasteiger partial charge in [-0.3, -0.25) is 9.80 Å². The van der Waals surface area contributed by atoms with Gasteiger partial charge in [0.05, 0.1) is 11.1 Å². The molecular weight excluding hydrogens is 492 g/mol. The van der Waals surface area contributed by atoms with Crippen LogP contribution in [0.4, 0.5) is 0 Å². The summed E-state index contributed by atoms with van der Waals surface area (Å²) >= 11 is 6.03. The second kappa shape index (κ2) is 9.74. The topological polar surface area (TPSA) is 75.4 Å². The first-order valence-corrected chi connectivity index (χ1v) is 12.7. The van der Waals surface area contributed by atoms with Gasteiger partial charge in [-0.05, 0) is 60.0 Å². The van der Waals surface area contributed by atoms with E-state index in [0.717, 1.165) is 60.7 Å². The molecule has 1 aromatic heterocycles. The number of fused-ring (bicyclic) bond motifs is 2. The van der Waals surface area contributed by atoms with E-state index in [4.69, 9.17) is 25.5 Å². The van der Waals surface area contributed by atoms with Gasteiger partial charge in [0, 0.05) is 49.7 Å². The van der Waals surface area contributed by atoms with Gasteiger partial charge in [0.1, 0.15) is 11.3 Å². The highest BCUT2D eigenvalue weighted by Crippen LogP contribution is 2.35.